The quantitative estimate of drug-likeness (QED) is 0.262. The summed E-state index contributed by atoms with van der Waals surface area (Å²) in [6.45, 7) is 1.40. The maximum absolute atomic E-state index is 13.6. The van der Waals surface area contributed by atoms with E-state index in [-0.39, 0.29) is 19.1 Å². The summed E-state index contributed by atoms with van der Waals surface area (Å²) in [4.78, 5) is 36.9. The number of carboxylic acid groups (broad SMARTS) is 1. The topological polar surface area (TPSA) is 114 Å². The van der Waals surface area contributed by atoms with E-state index in [9.17, 15) is 27.6 Å². The van der Waals surface area contributed by atoms with Crippen molar-refractivity contribution in [2.75, 3.05) is 6.61 Å². The fraction of sp³-hybridized carbons (Fsp3) is 0.323. The normalized spacial score (nSPS) is 14.7. The van der Waals surface area contributed by atoms with Crippen LogP contribution < -0.4 is 10.6 Å². The first-order valence-electron chi connectivity index (χ1n) is 13.4. The zero-order valence-electron chi connectivity index (χ0n) is 22.8. The minimum atomic E-state index is -4.91. The van der Waals surface area contributed by atoms with Crippen LogP contribution in [0.2, 0.25) is 0 Å². The van der Waals surface area contributed by atoms with Crippen LogP contribution >= 0.6 is 0 Å². The number of rotatable bonds is 12. The molecule has 42 heavy (non-hydrogen) atoms. The number of alkyl carbamates (subject to hydrolysis) is 1. The number of nitrogens with one attached hydrogen (secondary N) is 2. The van der Waals surface area contributed by atoms with Gasteiger partial charge in [0.25, 0.3) is 0 Å². The molecule has 0 saturated carbocycles. The predicted octanol–water partition coefficient (Wildman–Crippen LogP) is 5.41. The Morgan fingerprint density at radius 2 is 1.45 bits per heavy atom. The first kappa shape index (κ1) is 30.6. The number of carboxylic acids is 1. The first-order valence-corrected chi connectivity index (χ1v) is 13.4. The van der Waals surface area contributed by atoms with Crippen LogP contribution in [0.3, 0.4) is 0 Å². The zero-order chi connectivity index (χ0) is 30.3. The van der Waals surface area contributed by atoms with Crippen molar-refractivity contribution in [1.29, 1.82) is 0 Å². The predicted molar refractivity (Wildman–Crippen MR) is 148 cm³/mol. The van der Waals surface area contributed by atoms with Crippen molar-refractivity contribution in [1.82, 2.24) is 10.6 Å². The Morgan fingerprint density at radius 3 is 2.02 bits per heavy atom. The summed E-state index contributed by atoms with van der Waals surface area (Å²) >= 11 is 0. The smallest absolute Gasteiger partial charge is 0.408 e. The molecular weight excluding hydrogens is 553 g/mol. The number of carbonyl (C=O) groups is 3. The molecule has 8 nitrogen and oxygen atoms in total. The van der Waals surface area contributed by atoms with Crippen LogP contribution in [-0.2, 0) is 25.7 Å². The molecule has 0 bridgehead atoms. The maximum atomic E-state index is 13.6. The summed E-state index contributed by atoms with van der Waals surface area (Å²) in [5.41, 5.74) is 4.71. The molecule has 2 amide bonds. The van der Waals surface area contributed by atoms with Gasteiger partial charge in [0.1, 0.15) is 18.7 Å². The molecule has 3 atom stereocenters. The number of amides is 2. The maximum Gasteiger partial charge on any atom is 0.408 e. The third-order valence-electron chi connectivity index (χ3n) is 7.08. The Hall–Kier alpha value is -4.38. The van der Waals surface area contributed by atoms with Gasteiger partial charge in [0, 0.05) is 12.3 Å². The number of benzene rings is 3. The highest BCUT2D eigenvalue weighted by Gasteiger charge is 2.42. The van der Waals surface area contributed by atoms with E-state index in [4.69, 9.17) is 14.6 Å². The van der Waals surface area contributed by atoms with Gasteiger partial charge in [0.05, 0.1) is 12.7 Å². The van der Waals surface area contributed by atoms with E-state index in [1.165, 1.54) is 6.92 Å². The molecule has 4 rings (SSSR count). The average molecular weight is 585 g/mol. The van der Waals surface area contributed by atoms with E-state index >= 15 is 0 Å². The molecule has 0 aliphatic heterocycles. The molecule has 0 unspecified atom stereocenters. The third kappa shape index (κ3) is 7.67. The molecule has 0 aromatic heterocycles. The molecule has 1 aliphatic carbocycles. The second kappa shape index (κ2) is 13.5. The number of alkyl halides is 3. The SMILES string of the molecule is C[C@H](OCc1ccccc1)[C@@H](NC(=O)OCC1c2ccccc2-c2ccccc21)C(=O)N[C@@H](CCC(=O)O)C(F)(F)F. The van der Waals surface area contributed by atoms with E-state index in [2.05, 4.69) is 5.32 Å². The van der Waals surface area contributed by atoms with Crippen molar-refractivity contribution >= 4 is 18.0 Å². The monoisotopic (exact) mass is 584 g/mol. The third-order valence-corrected chi connectivity index (χ3v) is 7.08. The van der Waals surface area contributed by atoms with Crippen LogP contribution in [0.5, 0.6) is 0 Å². The van der Waals surface area contributed by atoms with Gasteiger partial charge in [-0.2, -0.15) is 13.2 Å². The number of fused-ring (bicyclic) bond motifs is 3. The highest BCUT2D eigenvalue weighted by atomic mass is 19.4. The van der Waals surface area contributed by atoms with E-state index < -0.39 is 55.2 Å². The molecule has 0 radical (unpaired) electrons. The number of carbonyl (C=O) groups excluding carboxylic acids is 2. The molecule has 0 spiro atoms. The molecule has 3 N–H and O–H groups in total. The number of halogens is 3. The van der Waals surface area contributed by atoms with E-state index in [0.717, 1.165) is 27.8 Å². The van der Waals surface area contributed by atoms with Crippen LogP contribution in [0.15, 0.2) is 78.9 Å². The number of ether oxygens (including phenoxy) is 2. The standard InChI is InChI=1S/C31H31F3N2O6/c1-19(41-17-20-9-3-2-4-10-20)28(29(39)35-26(31(32,33)34)15-16-27(37)38)36-30(40)42-18-25-23-13-7-5-11-21(23)22-12-6-8-14-24(22)25/h2-14,19,25-26,28H,15-18H2,1H3,(H,35,39)(H,36,40)(H,37,38)/t19-,26-,28+/m0/s1. The van der Waals surface area contributed by atoms with Crippen molar-refractivity contribution in [3.05, 3.63) is 95.6 Å². The minimum Gasteiger partial charge on any atom is -0.481 e. The molecule has 3 aromatic rings. The van der Waals surface area contributed by atoms with Gasteiger partial charge in [-0.05, 0) is 41.2 Å². The van der Waals surface area contributed by atoms with Crippen LogP contribution in [0, 0.1) is 0 Å². The molecule has 1 aliphatic rings. The van der Waals surface area contributed by atoms with E-state index in [1.54, 1.807) is 30.3 Å². The van der Waals surface area contributed by atoms with Crippen LogP contribution in [0.1, 0.15) is 42.4 Å². The van der Waals surface area contributed by atoms with Crippen molar-refractivity contribution in [3.8, 4) is 11.1 Å². The lowest BCUT2D eigenvalue weighted by atomic mass is 9.98. The fourth-order valence-electron chi connectivity index (χ4n) is 4.91. The molecule has 3 aromatic carbocycles. The fourth-order valence-corrected chi connectivity index (χ4v) is 4.91. The Labute approximate surface area is 240 Å². The van der Waals surface area contributed by atoms with Gasteiger partial charge in [-0.15, -0.1) is 0 Å². The van der Waals surface area contributed by atoms with Gasteiger partial charge in [-0.3, -0.25) is 9.59 Å². The second-order valence-electron chi connectivity index (χ2n) is 9.98. The van der Waals surface area contributed by atoms with Gasteiger partial charge in [-0.25, -0.2) is 4.79 Å². The van der Waals surface area contributed by atoms with Gasteiger partial charge < -0.3 is 25.2 Å². The van der Waals surface area contributed by atoms with Crippen LogP contribution in [0.4, 0.5) is 18.0 Å². The summed E-state index contributed by atoms with van der Waals surface area (Å²) in [6, 6.07) is 20.3. The zero-order valence-corrected chi connectivity index (χ0v) is 22.8. The lowest BCUT2D eigenvalue weighted by Gasteiger charge is -2.28. The molecule has 11 heteroatoms. The molecular formula is C31H31F3N2O6. The Morgan fingerprint density at radius 1 is 0.881 bits per heavy atom. The largest absolute Gasteiger partial charge is 0.481 e. The van der Waals surface area contributed by atoms with Gasteiger partial charge >= 0.3 is 18.2 Å². The van der Waals surface area contributed by atoms with Crippen molar-refractivity contribution < 1.29 is 42.1 Å². The Kier molecular flexibility index (Phi) is 9.84. The van der Waals surface area contributed by atoms with Crippen molar-refractivity contribution in [2.24, 2.45) is 0 Å². The number of aliphatic carboxylic acids is 1. The van der Waals surface area contributed by atoms with E-state index in [1.807, 2.05) is 53.8 Å². The lowest BCUT2D eigenvalue weighted by molar-refractivity contribution is -0.166. The summed E-state index contributed by atoms with van der Waals surface area (Å²) in [6.07, 6.45) is -8.68. The van der Waals surface area contributed by atoms with Gasteiger partial charge in [0.2, 0.25) is 5.91 Å². The van der Waals surface area contributed by atoms with E-state index in [0.29, 0.717) is 0 Å². The molecule has 0 fully saturated rings. The van der Waals surface area contributed by atoms with Gasteiger partial charge in [0.15, 0.2) is 0 Å². The Bertz CT molecular complexity index is 1350. The summed E-state index contributed by atoms with van der Waals surface area (Å²) in [7, 11) is 0. The Balaban J connectivity index is 1.47. The van der Waals surface area contributed by atoms with Crippen molar-refractivity contribution in [3.63, 3.8) is 0 Å². The van der Waals surface area contributed by atoms with Crippen LogP contribution in [-0.4, -0.2) is 54.0 Å². The highest BCUT2D eigenvalue weighted by molar-refractivity contribution is 5.86. The lowest BCUT2D eigenvalue weighted by Crippen LogP contribution is -2.57. The number of hydrogen-bond donors (Lipinski definition) is 3. The number of hydrogen-bond acceptors (Lipinski definition) is 5. The van der Waals surface area contributed by atoms with Crippen molar-refractivity contribution in [2.45, 2.75) is 56.7 Å². The highest BCUT2D eigenvalue weighted by Crippen LogP contribution is 2.44. The minimum absolute atomic E-state index is 0.0276. The average Bonchev–Trinajstić information content (AvgIpc) is 3.29. The molecule has 0 saturated heterocycles. The molecule has 222 valence electrons. The summed E-state index contributed by atoms with van der Waals surface area (Å²) in [5.74, 6) is -2.89. The molecule has 0 heterocycles. The van der Waals surface area contributed by atoms with Gasteiger partial charge in [-0.1, -0.05) is 78.9 Å². The summed E-state index contributed by atoms with van der Waals surface area (Å²) < 4.78 is 52.1. The second-order valence-corrected chi connectivity index (χ2v) is 9.98. The first-order chi connectivity index (χ1) is 20.0. The summed E-state index contributed by atoms with van der Waals surface area (Å²) in [5, 5.41) is 13.1. The van der Waals surface area contributed by atoms with Crippen LogP contribution in [0.25, 0.3) is 11.1 Å².